The smallest absolute Gasteiger partial charge is 0.370 e. The second-order valence-electron chi connectivity index (χ2n) is 7.91. The first-order valence-electron chi connectivity index (χ1n) is 10.2. The molecule has 1 aromatic carbocycles. The van der Waals surface area contributed by atoms with Crippen molar-refractivity contribution in [2.75, 3.05) is 43.1 Å². The minimum absolute atomic E-state index is 0.00439. The van der Waals surface area contributed by atoms with Crippen LogP contribution in [0.5, 0.6) is 0 Å². The summed E-state index contributed by atoms with van der Waals surface area (Å²) in [5.41, 5.74) is 3.26. The van der Waals surface area contributed by atoms with E-state index in [0.717, 1.165) is 28.7 Å². The quantitative estimate of drug-likeness (QED) is 0.416. The van der Waals surface area contributed by atoms with Gasteiger partial charge in [0.2, 0.25) is 5.91 Å². The van der Waals surface area contributed by atoms with Crippen LogP contribution in [0.2, 0.25) is 0 Å². The second-order valence-corrected chi connectivity index (χ2v) is 7.91. The van der Waals surface area contributed by atoms with E-state index in [1.54, 1.807) is 0 Å². The summed E-state index contributed by atoms with van der Waals surface area (Å²) in [4.78, 5) is 38.7. The van der Waals surface area contributed by atoms with Crippen LogP contribution < -0.4 is 16.0 Å². The number of amides is 3. The van der Waals surface area contributed by atoms with Gasteiger partial charge in [-0.2, -0.15) is 13.2 Å². The maximum absolute atomic E-state index is 13.7. The molecule has 0 spiro atoms. The van der Waals surface area contributed by atoms with Gasteiger partial charge in [0.15, 0.2) is 6.04 Å². The number of primary amides is 1. The number of ether oxygens (including phenoxy) is 1. The Morgan fingerprint density at radius 1 is 1.27 bits per heavy atom. The summed E-state index contributed by atoms with van der Waals surface area (Å²) in [7, 11) is 0. The van der Waals surface area contributed by atoms with Crippen LogP contribution in [0.1, 0.15) is 18.4 Å². The number of nitrogens with one attached hydrogen (secondary N) is 1. The lowest BCUT2D eigenvalue weighted by Gasteiger charge is -2.29. The molecule has 1 aliphatic heterocycles. The van der Waals surface area contributed by atoms with E-state index in [9.17, 15) is 36.3 Å². The average Bonchev–Trinajstić information content (AvgIpc) is 3.51. The van der Waals surface area contributed by atoms with Crippen LogP contribution in [-0.2, 0) is 25.3 Å². The molecule has 2 aliphatic rings. The maximum atomic E-state index is 13.7. The molecule has 1 saturated heterocycles. The predicted octanol–water partition coefficient (Wildman–Crippen LogP) is 1.84. The highest BCUT2D eigenvalue weighted by molar-refractivity contribution is 6.10. The third-order valence-corrected chi connectivity index (χ3v) is 5.31. The number of nitrogens with two attached hydrogens (primary N) is 1. The Hall–Kier alpha value is -2.80. The van der Waals surface area contributed by atoms with Gasteiger partial charge >= 0.3 is 6.18 Å². The van der Waals surface area contributed by atoms with Crippen LogP contribution in [0.3, 0.4) is 0 Å². The molecule has 3 N–H and O–H groups in total. The van der Waals surface area contributed by atoms with Crippen molar-refractivity contribution in [3.63, 3.8) is 0 Å². The van der Waals surface area contributed by atoms with Gasteiger partial charge in [-0.15, -0.1) is 0 Å². The minimum Gasteiger partial charge on any atom is -0.370 e. The van der Waals surface area contributed by atoms with Gasteiger partial charge in [-0.25, -0.2) is 8.78 Å². The van der Waals surface area contributed by atoms with Gasteiger partial charge in [-0.05, 0) is 37.0 Å². The van der Waals surface area contributed by atoms with Gasteiger partial charge in [0.05, 0.1) is 24.4 Å². The molecule has 0 unspecified atom stereocenters. The Morgan fingerprint density at radius 3 is 2.52 bits per heavy atom. The average molecular weight is 478 g/mol. The van der Waals surface area contributed by atoms with Crippen LogP contribution in [0.15, 0.2) is 18.2 Å². The number of halogens is 5. The molecule has 1 atom stereocenters. The second kappa shape index (κ2) is 10.00. The van der Waals surface area contributed by atoms with E-state index in [4.69, 9.17) is 10.5 Å². The number of benzene rings is 1. The molecular formula is C20H23F5N4O4. The van der Waals surface area contributed by atoms with Gasteiger partial charge in [0.25, 0.3) is 18.2 Å². The number of alkyl halides is 5. The molecule has 8 nitrogen and oxygen atoms in total. The lowest BCUT2D eigenvalue weighted by atomic mass is 10.1. The summed E-state index contributed by atoms with van der Waals surface area (Å²) in [6.45, 7) is -1.01. The normalized spacial score (nSPS) is 18.0. The van der Waals surface area contributed by atoms with Crippen molar-refractivity contribution in [3.8, 4) is 0 Å². The zero-order valence-electron chi connectivity index (χ0n) is 17.4. The lowest BCUT2D eigenvalue weighted by molar-refractivity contribution is -0.137. The Morgan fingerprint density at radius 2 is 1.97 bits per heavy atom. The van der Waals surface area contributed by atoms with Gasteiger partial charge in [0.1, 0.15) is 6.61 Å². The van der Waals surface area contributed by atoms with Crippen LogP contribution in [-0.4, -0.2) is 67.9 Å². The monoisotopic (exact) mass is 478 g/mol. The molecule has 1 saturated carbocycles. The predicted molar refractivity (Wildman–Crippen MR) is 107 cm³/mol. The molecule has 1 heterocycles. The fourth-order valence-electron chi connectivity index (χ4n) is 3.61. The standard InChI is InChI=1S/C20H23F5N4O4/c21-15(22)9-28(8-11-1-2-11)17(18(26)31)19(32)27-14-4-3-12(7-13(14)20(23,24)25)29-5-6-33-10-16(29)30/h3-4,7,11,15,17H,1-2,5-6,8-10H2,(H2,26,31)(H,27,32)/t17-/m0/s1. The van der Waals surface area contributed by atoms with E-state index in [2.05, 4.69) is 0 Å². The van der Waals surface area contributed by atoms with Gasteiger partial charge in [-0.3, -0.25) is 19.3 Å². The summed E-state index contributed by atoms with van der Waals surface area (Å²) in [6, 6.07) is 0.962. The van der Waals surface area contributed by atoms with Crippen molar-refractivity contribution in [2.45, 2.75) is 31.5 Å². The third kappa shape index (κ3) is 6.38. The molecule has 1 aromatic rings. The molecule has 1 aliphatic carbocycles. The number of morpholine rings is 1. The number of hydrogen-bond acceptors (Lipinski definition) is 5. The van der Waals surface area contributed by atoms with Gasteiger partial charge < -0.3 is 20.7 Å². The molecule has 3 rings (SSSR count). The van der Waals surface area contributed by atoms with E-state index in [-0.39, 0.29) is 37.9 Å². The van der Waals surface area contributed by atoms with E-state index in [1.807, 2.05) is 5.32 Å². The summed E-state index contributed by atoms with van der Waals surface area (Å²) >= 11 is 0. The fraction of sp³-hybridized carbons (Fsp3) is 0.550. The molecule has 182 valence electrons. The van der Waals surface area contributed by atoms with Crippen LogP contribution >= 0.6 is 0 Å². The van der Waals surface area contributed by atoms with E-state index in [1.165, 1.54) is 6.07 Å². The number of carbonyl (C=O) groups excluding carboxylic acids is 3. The van der Waals surface area contributed by atoms with Crippen molar-refractivity contribution in [3.05, 3.63) is 23.8 Å². The summed E-state index contributed by atoms with van der Waals surface area (Å²) < 4.78 is 72.2. The highest BCUT2D eigenvalue weighted by atomic mass is 19.4. The number of hydrogen-bond donors (Lipinski definition) is 2. The first-order chi connectivity index (χ1) is 15.5. The highest BCUT2D eigenvalue weighted by Gasteiger charge is 2.39. The molecule has 0 bridgehead atoms. The Bertz CT molecular complexity index is 903. The van der Waals surface area contributed by atoms with E-state index in [0.29, 0.717) is 6.07 Å². The first kappa shape index (κ1) is 24.8. The minimum atomic E-state index is -4.92. The summed E-state index contributed by atoms with van der Waals surface area (Å²) in [5, 5.41) is 2.01. The zero-order valence-corrected chi connectivity index (χ0v) is 17.4. The van der Waals surface area contributed by atoms with Crippen LogP contribution in [0, 0.1) is 5.92 Å². The molecular weight excluding hydrogens is 455 g/mol. The maximum Gasteiger partial charge on any atom is 0.418 e. The van der Waals surface area contributed by atoms with Gasteiger partial charge in [-0.1, -0.05) is 0 Å². The molecule has 13 heteroatoms. The molecule has 3 amide bonds. The Balaban J connectivity index is 1.88. The largest absolute Gasteiger partial charge is 0.418 e. The first-order valence-corrected chi connectivity index (χ1v) is 10.2. The number of anilines is 2. The van der Waals surface area contributed by atoms with Crippen LogP contribution in [0.4, 0.5) is 33.3 Å². The summed E-state index contributed by atoms with van der Waals surface area (Å²) in [5.74, 6) is -3.01. The Labute approximate surface area is 185 Å². The third-order valence-electron chi connectivity index (χ3n) is 5.31. The van der Waals surface area contributed by atoms with Crippen molar-refractivity contribution in [1.29, 1.82) is 0 Å². The number of nitrogens with zero attached hydrogens (tertiary/aromatic N) is 2. The fourth-order valence-corrected chi connectivity index (χ4v) is 3.61. The topological polar surface area (TPSA) is 105 Å². The van der Waals surface area contributed by atoms with Crippen molar-refractivity contribution in [1.82, 2.24) is 4.90 Å². The van der Waals surface area contributed by atoms with Crippen molar-refractivity contribution < 1.29 is 41.1 Å². The van der Waals surface area contributed by atoms with Crippen LogP contribution in [0.25, 0.3) is 0 Å². The van der Waals surface area contributed by atoms with Gasteiger partial charge in [0, 0.05) is 18.8 Å². The molecule has 2 fully saturated rings. The highest BCUT2D eigenvalue weighted by Crippen LogP contribution is 2.38. The molecule has 0 radical (unpaired) electrons. The Kier molecular flexibility index (Phi) is 7.52. The number of rotatable bonds is 9. The summed E-state index contributed by atoms with van der Waals surface area (Å²) in [6.07, 6.45) is -6.35. The van der Waals surface area contributed by atoms with E-state index < -0.39 is 54.2 Å². The molecule has 0 aromatic heterocycles. The SMILES string of the molecule is NC(=O)[C@@H](C(=O)Nc1ccc(N2CCOCC2=O)cc1C(F)(F)F)N(CC(F)F)CC1CC1. The lowest BCUT2D eigenvalue weighted by Crippen LogP contribution is -2.54. The number of carbonyl (C=O) groups is 3. The van der Waals surface area contributed by atoms with Crippen molar-refractivity contribution >= 4 is 29.1 Å². The molecule has 33 heavy (non-hydrogen) atoms. The zero-order chi connectivity index (χ0) is 24.3. The van der Waals surface area contributed by atoms with E-state index >= 15 is 0 Å². The van der Waals surface area contributed by atoms with Crippen molar-refractivity contribution in [2.24, 2.45) is 11.7 Å².